The Hall–Kier alpha value is -2.57. The highest BCUT2D eigenvalue weighted by molar-refractivity contribution is 6.33. The van der Waals surface area contributed by atoms with Gasteiger partial charge in [-0.15, -0.1) is 0 Å². The van der Waals surface area contributed by atoms with Crippen molar-refractivity contribution in [1.29, 1.82) is 5.26 Å². The number of nitriles is 1. The lowest BCUT2D eigenvalue weighted by Gasteiger charge is -2.11. The Labute approximate surface area is 127 Å². The molecule has 0 amide bonds. The van der Waals surface area contributed by atoms with Crippen LogP contribution in [0.15, 0.2) is 48.5 Å². The second-order valence-corrected chi connectivity index (χ2v) is 5.17. The van der Waals surface area contributed by atoms with Crippen LogP contribution in [0.1, 0.15) is 11.3 Å². The number of para-hydroxylation sites is 1. The number of hydrogen-bond donors (Lipinski definition) is 1. The average Bonchev–Trinajstić information content (AvgIpc) is 2.49. The van der Waals surface area contributed by atoms with Gasteiger partial charge in [0.05, 0.1) is 33.5 Å². The third kappa shape index (κ3) is 2.67. The van der Waals surface area contributed by atoms with Gasteiger partial charge in [0.1, 0.15) is 0 Å². The number of nitrogens with zero attached hydrogens (tertiary/aromatic N) is 2. The fourth-order valence-corrected chi connectivity index (χ4v) is 2.40. The van der Waals surface area contributed by atoms with Gasteiger partial charge in [0.25, 0.3) is 0 Å². The Morgan fingerprint density at radius 2 is 1.95 bits per heavy atom. The minimum atomic E-state index is 0.513. The predicted octanol–water partition coefficient (Wildman–Crippen LogP) is 4.81. The van der Waals surface area contributed by atoms with E-state index in [4.69, 9.17) is 16.9 Å². The van der Waals surface area contributed by atoms with Crippen molar-refractivity contribution in [2.24, 2.45) is 0 Å². The zero-order valence-corrected chi connectivity index (χ0v) is 12.1. The van der Waals surface area contributed by atoms with Gasteiger partial charge in [-0.1, -0.05) is 29.8 Å². The smallest absolute Gasteiger partial charge is 0.0992 e. The number of aryl methyl sites for hydroxylation is 1. The lowest BCUT2D eigenvalue weighted by molar-refractivity contribution is 1.25. The van der Waals surface area contributed by atoms with Crippen molar-refractivity contribution >= 4 is 33.9 Å². The molecule has 1 heterocycles. The highest BCUT2D eigenvalue weighted by atomic mass is 35.5. The van der Waals surface area contributed by atoms with Gasteiger partial charge in [-0.3, -0.25) is 4.98 Å². The number of aromatic nitrogens is 1. The van der Waals surface area contributed by atoms with E-state index >= 15 is 0 Å². The van der Waals surface area contributed by atoms with Crippen LogP contribution in [0.5, 0.6) is 0 Å². The lowest BCUT2D eigenvalue weighted by atomic mass is 10.1. The number of rotatable bonds is 2. The fraction of sp³-hybridized carbons (Fsp3) is 0.0588. The molecule has 1 N–H and O–H groups in total. The number of anilines is 2. The van der Waals surface area contributed by atoms with Crippen molar-refractivity contribution in [3.05, 3.63) is 64.8 Å². The van der Waals surface area contributed by atoms with Gasteiger partial charge in [0.15, 0.2) is 0 Å². The van der Waals surface area contributed by atoms with Crippen molar-refractivity contribution < 1.29 is 0 Å². The second-order valence-electron chi connectivity index (χ2n) is 4.76. The van der Waals surface area contributed by atoms with Crippen molar-refractivity contribution in [2.75, 3.05) is 5.32 Å². The monoisotopic (exact) mass is 293 g/mol. The lowest BCUT2D eigenvalue weighted by Crippen LogP contribution is -1.95. The zero-order valence-electron chi connectivity index (χ0n) is 11.4. The van der Waals surface area contributed by atoms with E-state index in [1.807, 2.05) is 37.3 Å². The maximum atomic E-state index is 8.88. The molecule has 0 radical (unpaired) electrons. The van der Waals surface area contributed by atoms with E-state index in [2.05, 4.69) is 16.4 Å². The summed E-state index contributed by atoms with van der Waals surface area (Å²) in [5.74, 6) is 0. The minimum absolute atomic E-state index is 0.513. The quantitative estimate of drug-likeness (QED) is 0.737. The average molecular weight is 294 g/mol. The van der Waals surface area contributed by atoms with Crippen LogP contribution in [-0.4, -0.2) is 4.98 Å². The van der Waals surface area contributed by atoms with Crippen molar-refractivity contribution in [1.82, 2.24) is 4.98 Å². The summed E-state index contributed by atoms with van der Waals surface area (Å²) in [6, 6.07) is 17.2. The van der Waals surface area contributed by atoms with E-state index in [0.717, 1.165) is 28.0 Å². The summed E-state index contributed by atoms with van der Waals surface area (Å²) in [7, 11) is 0. The van der Waals surface area contributed by atoms with Gasteiger partial charge in [0, 0.05) is 11.1 Å². The van der Waals surface area contributed by atoms with Gasteiger partial charge in [0.2, 0.25) is 0 Å². The molecule has 0 saturated heterocycles. The Kier molecular flexibility index (Phi) is 3.47. The Morgan fingerprint density at radius 1 is 1.10 bits per heavy atom. The molecule has 0 atom stereocenters. The van der Waals surface area contributed by atoms with E-state index in [9.17, 15) is 0 Å². The SMILES string of the molecule is Cc1ccc2cccc(Nc3ccc(C#N)cc3Cl)c2n1. The van der Waals surface area contributed by atoms with Crippen LogP contribution in [0.3, 0.4) is 0 Å². The summed E-state index contributed by atoms with van der Waals surface area (Å²) in [4.78, 5) is 4.58. The predicted molar refractivity (Wildman–Crippen MR) is 85.9 cm³/mol. The molecule has 0 bridgehead atoms. The third-order valence-electron chi connectivity index (χ3n) is 3.23. The molecule has 1 aromatic heterocycles. The highest BCUT2D eigenvalue weighted by Crippen LogP contribution is 2.29. The summed E-state index contributed by atoms with van der Waals surface area (Å²) in [5.41, 5.74) is 4.05. The van der Waals surface area contributed by atoms with Crippen LogP contribution in [-0.2, 0) is 0 Å². The van der Waals surface area contributed by atoms with E-state index in [1.54, 1.807) is 18.2 Å². The first-order valence-electron chi connectivity index (χ1n) is 6.50. The van der Waals surface area contributed by atoms with Gasteiger partial charge >= 0.3 is 0 Å². The molecule has 0 spiro atoms. The van der Waals surface area contributed by atoms with Gasteiger partial charge in [-0.25, -0.2) is 0 Å². The number of fused-ring (bicyclic) bond motifs is 1. The maximum absolute atomic E-state index is 8.88. The molecule has 0 aliphatic rings. The van der Waals surface area contributed by atoms with Crippen molar-refractivity contribution in [2.45, 2.75) is 6.92 Å². The van der Waals surface area contributed by atoms with E-state index < -0.39 is 0 Å². The normalized spacial score (nSPS) is 10.3. The molecule has 0 aliphatic carbocycles. The molecule has 0 unspecified atom stereocenters. The molecule has 0 fully saturated rings. The van der Waals surface area contributed by atoms with Crippen LogP contribution in [0.2, 0.25) is 5.02 Å². The topological polar surface area (TPSA) is 48.7 Å². The fourth-order valence-electron chi connectivity index (χ4n) is 2.18. The standard InChI is InChI=1S/C17H12ClN3/c1-11-5-7-13-3-2-4-16(17(13)20-11)21-15-8-6-12(10-19)9-14(15)18/h2-9,21H,1H3. The Balaban J connectivity index is 2.06. The number of nitrogens with one attached hydrogen (secondary N) is 1. The molecular weight excluding hydrogens is 282 g/mol. The molecular formula is C17H12ClN3. The summed E-state index contributed by atoms with van der Waals surface area (Å²) < 4.78 is 0. The number of pyridine rings is 1. The second kappa shape index (κ2) is 5.43. The van der Waals surface area contributed by atoms with E-state index in [-0.39, 0.29) is 0 Å². The van der Waals surface area contributed by atoms with E-state index in [1.165, 1.54) is 0 Å². The molecule has 2 aromatic carbocycles. The Bertz CT molecular complexity index is 866. The largest absolute Gasteiger partial charge is 0.353 e. The van der Waals surface area contributed by atoms with Gasteiger partial charge < -0.3 is 5.32 Å². The molecule has 102 valence electrons. The summed E-state index contributed by atoms with van der Waals surface area (Å²) in [5, 5.41) is 13.7. The molecule has 3 nitrogen and oxygen atoms in total. The summed E-state index contributed by atoms with van der Waals surface area (Å²) in [6.07, 6.45) is 0. The first-order chi connectivity index (χ1) is 10.2. The first kappa shape index (κ1) is 13.4. The first-order valence-corrected chi connectivity index (χ1v) is 6.88. The number of hydrogen-bond acceptors (Lipinski definition) is 3. The number of benzene rings is 2. The van der Waals surface area contributed by atoms with Crippen molar-refractivity contribution in [3.63, 3.8) is 0 Å². The minimum Gasteiger partial charge on any atom is -0.353 e. The highest BCUT2D eigenvalue weighted by Gasteiger charge is 2.06. The molecule has 0 aliphatic heterocycles. The van der Waals surface area contributed by atoms with Gasteiger partial charge in [-0.05, 0) is 37.3 Å². The third-order valence-corrected chi connectivity index (χ3v) is 3.54. The van der Waals surface area contributed by atoms with Crippen LogP contribution in [0.4, 0.5) is 11.4 Å². The maximum Gasteiger partial charge on any atom is 0.0992 e. The molecule has 0 saturated carbocycles. The molecule has 3 aromatic rings. The van der Waals surface area contributed by atoms with Crippen LogP contribution < -0.4 is 5.32 Å². The van der Waals surface area contributed by atoms with E-state index in [0.29, 0.717) is 10.6 Å². The van der Waals surface area contributed by atoms with Crippen LogP contribution >= 0.6 is 11.6 Å². The number of halogens is 1. The Morgan fingerprint density at radius 3 is 2.71 bits per heavy atom. The van der Waals surface area contributed by atoms with Crippen molar-refractivity contribution in [3.8, 4) is 6.07 Å². The summed E-state index contributed by atoms with van der Waals surface area (Å²) in [6.45, 7) is 1.96. The zero-order chi connectivity index (χ0) is 14.8. The van der Waals surface area contributed by atoms with Crippen LogP contribution in [0, 0.1) is 18.3 Å². The molecule has 3 rings (SSSR count). The molecule has 4 heteroatoms. The van der Waals surface area contributed by atoms with Gasteiger partial charge in [-0.2, -0.15) is 5.26 Å². The summed E-state index contributed by atoms with van der Waals surface area (Å²) >= 11 is 6.21. The van der Waals surface area contributed by atoms with Crippen LogP contribution in [0.25, 0.3) is 10.9 Å². The molecule has 21 heavy (non-hydrogen) atoms.